The number of aryl methyl sites for hydroxylation is 1. The highest BCUT2D eigenvalue weighted by molar-refractivity contribution is 14.1. The summed E-state index contributed by atoms with van der Waals surface area (Å²) in [7, 11) is 0. The van der Waals surface area contributed by atoms with Gasteiger partial charge in [0.25, 0.3) is 11.6 Å². The molecule has 1 fully saturated rings. The Morgan fingerprint density at radius 3 is 2.58 bits per heavy atom. The monoisotopic (exact) mass is 656 g/mol. The molecule has 40 heavy (non-hydrogen) atoms. The van der Waals surface area contributed by atoms with Crippen LogP contribution in [0, 0.1) is 20.6 Å². The van der Waals surface area contributed by atoms with E-state index in [1.54, 1.807) is 36.4 Å². The van der Waals surface area contributed by atoms with Gasteiger partial charge in [-0.1, -0.05) is 29.8 Å². The number of ether oxygens (including phenoxy) is 2. The summed E-state index contributed by atoms with van der Waals surface area (Å²) in [5, 5.41) is 16.3. The highest BCUT2D eigenvalue weighted by Crippen LogP contribution is 2.36. The van der Waals surface area contributed by atoms with Crippen molar-refractivity contribution in [1.29, 1.82) is 0 Å². The van der Waals surface area contributed by atoms with Crippen LogP contribution in [0.5, 0.6) is 11.5 Å². The van der Waals surface area contributed by atoms with Gasteiger partial charge in [-0.15, -0.1) is 0 Å². The minimum atomic E-state index is -0.702. The van der Waals surface area contributed by atoms with Gasteiger partial charge in [0, 0.05) is 17.8 Å². The van der Waals surface area contributed by atoms with Crippen molar-refractivity contribution in [3.05, 3.63) is 96.7 Å². The number of urea groups is 1. The van der Waals surface area contributed by atoms with E-state index in [9.17, 15) is 24.5 Å². The Kier molecular flexibility index (Phi) is 8.99. The second-order valence-corrected chi connectivity index (χ2v) is 9.93. The normalized spacial score (nSPS) is 13.8. The van der Waals surface area contributed by atoms with E-state index >= 15 is 0 Å². The lowest BCUT2D eigenvalue weighted by Gasteiger charge is -2.15. The molecule has 0 atom stereocenters. The van der Waals surface area contributed by atoms with E-state index in [0.717, 1.165) is 10.5 Å². The predicted molar refractivity (Wildman–Crippen MR) is 156 cm³/mol. The second-order valence-electron chi connectivity index (χ2n) is 8.77. The molecule has 0 saturated carbocycles. The van der Waals surface area contributed by atoms with Gasteiger partial charge in [-0.2, -0.15) is 0 Å². The fourth-order valence-corrected chi connectivity index (χ4v) is 4.63. The Bertz CT molecular complexity index is 1500. The van der Waals surface area contributed by atoms with Gasteiger partial charge >= 0.3 is 6.03 Å². The summed E-state index contributed by atoms with van der Waals surface area (Å²) < 4.78 is 12.4. The summed E-state index contributed by atoms with van der Waals surface area (Å²) in [6, 6.07) is 16.0. The summed E-state index contributed by atoms with van der Waals surface area (Å²) in [5.74, 6) is -0.305. The van der Waals surface area contributed by atoms with Crippen LogP contribution in [0.3, 0.4) is 0 Å². The topological polar surface area (TPSA) is 140 Å². The van der Waals surface area contributed by atoms with Crippen molar-refractivity contribution in [2.75, 3.05) is 18.5 Å². The SMILES string of the molecule is CCOc1cc(/C=C2/NC(=O)N(CC(=O)Nc3ccc(C)cc3)C2=O)cc(I)c1OCc1cccc([N+](=O)[O-])c1. The van der Waals surface area contributed by atoms with Crippen LogP contribution in [-0.4, -0.2) is 40.8 Å². The quantitative estimate of drug-likeness (QED) is 0.103. The van der Waals surface area contributed by atoms with Crippen LogP contribution in [-0.2, 0) is 16.2 Å². The Hall–Kier alpha value is -4.46. The number of nitro groups is 1. The first-order valence-electron chi connectivity index (χ1n) is 12.2. The molecule has 1 aliphatic rings. The fraction of sp³-hybridized carbons (Fsp3) is 0.179. The van der Waals surface area contributed by atoms with Crippen LogP contribution in [0.1, 0.15) is 23.6 Å². The lowest BCUT2D eigenvalue weighted by Crippen LogP contribution is -2.38. The maximum Gasteiger partial charge on any atom is 0.329 e. The number of nitrogens with one attached hydrogen (secondary N) is 2. The van der Waals surface area contributed by atoms with Crippen molar-refractivity contribution in [1.82, 2.24) is 10.2 Å². The van der Waals surface area contributed by atoms with Crippen molar-refractivity contribution in [3.63, 3.8) is 0 Å². The molecule has 0 radical (unpaired) electrons. The van der Waals surface area contributed by atoms with Crippen LogP contribution < -0.4 is 20.1 Å². The molecular formula is C28H25IN4O7. The van der Waals surface area contributed by atoms with E-state index in [2.05, 4.69) is 33.2 Å². The average molecular weight is 656 g/mol. The fourth-order valence-electron chi connectivity index (χ4n) is 3.85. The summed E-state index contributed by atoms with van der Waals surface area (Å²) >= 11 is 2.06. The lowest BCUT2D eigenvalue weighted by atomic mass is 10.1. The van der Waals surface area contributed by atoms with Crippen LogP contribution in [0.4, 0.5) is 16.2 Å². The Balaban J connectivity index is 1.49. The van der Waals surface area contributed by atoms with Gasteiger partial charge in [-0.3, -0.25) is 19.7 Å². The van der Waals surface area contributed by atoms with Crippen LogP contribution in [0.25, 0.3) is 6.08 Å². The van der Waals surface area contributed by atoms with E-state index in [4.69, 9.17) is 9.47 Å². The number of rotatable bonds is 10. The molecule has 4 rings (SSSR count). The van der Waals surface area contributed by atoms with Crippen LogP contribution >= 0.6 is 22.6 Å². The Labute approximate surface area is 243 Å². The molecule has 206 valence electrons. The number of hydrogen-bond acceptors (Lipinski definition) is 7. The van der Waals surface area contributed by atoms with Gasteiger partial charge in [0.2, 0.25) is 5.91 Å². The zero-order valence-electron chi connectivity index (χ0n) is 21.6. The Morgan fingerprint density at radius 2 is 1.88 bits per heavy atom. The summed E-state index contributed by atoms with van der Waals surface area (Å²) in [6.45, 7) is 3.70. The average Bonchev–Trinajstić information content (AvgIpc) is 3.17. The first-order chi connectivity index (χ1) is 19.1. The summed E-state index contributed by atoms with van der Waals surface area (Å²) in [4.78, 5) is 49.3. The minimum absolute atomic E-state index is 0.0108. The molecule has 2 N–H and O–H groups in total. The molecule has 0 unspecified atom stereocenters. The number of carbonyl (C=O) groups excluding carboxylic acids is 3. The van der Waals surface area contributed by atoms with Crippen molar-refractivity contribution in [2.24, 2.45) is 0 Å². The number of amides is 4. The standard InChI is InChI=1S/C28H25IN4O7/c1-3-39-24-14-19(12-22(29)26(24)40-16-18-5-4-6-21(11-18)33(37)38)13-23-27(35)32(28(36)31-23)15-25(34)30-20-9-7-17(2)8-10-20/h4-14H,3,15-16H2,1-2H3,(H,30,34)(H,31,36)/b23-13+. The largest absolute Gasteiger partial charge is 0.490 e. The second kappa shape index (κ2) is 12.6. The number of hydrogen-bond donors (Lipinski definition) is 2. The van der Waals surface area contributed by atoms with Gasteiger partial charge in [0.1, 0.15) is 18.8 Å². The van der Waals surface area contributed by atoms with E-state index in [1.807, 2.05) is 26.0 Å². The molecule has 0 aromatic heterocycles. The zero-order chi connectivity index (χ0) is 28.8. The molecule has 0 aliphatic carbocycles. The third-order valence-corrected chi connectivity index (χ3v) is 6.55. The molecule has 3 aromatic carbocycles. The number of halogens is 1. The molecule has 3 aromatic rings. The first kappa shape index (κ1) is 28.5. The number of imide groups is 1. The molecule has 1 aliphatic heterocycles. The maximum atomic E-state index is 12.9. The number of nitro benzene ring substituents is 1. The molecule has 0 bridgehead atoms. The van der Waals surface area contributed by atoms with Crippen LogP contribution in [0.15, 0.2) is 66.4 Å². The molecule has 0 spiro atoms. The molecule has 1 saturated heterocycles. The van der Waals surface area contributed by atoms with Gasteiger partial charge < -0.3 is 20.1 Å². The van der Waals surface area contributed by atoms with Crippen molar-refractivity contribution < 1.29 is 28.8 Å². The van der Waals surface area contributed by atoms with Gasteiger partial charge in [0.05, 0.1) is 15.1 Å². The molecule has 12 heteroatoms. The summed E-state index contributed by atoms with van der Waals surface area (Å²) in [6.07, 6.45) is 1.49. The van der Waals surface area contributed by atoms with E-state index in [-0.39, 0.29) is 18.0 Å². The van der Waals surface area contributed by atoms with E-state index in [0.29, 0.717) is 38.5 Å². The highest BCUT2D eigenvalue weighted by Gasteiger charge is 2.35. The van der Waals surface area contributed by atoms with Crippen molar-refractivity contribution >= 4 is 57.9 Å². The van der Waals surface area contributed by atoms with Gasteiger partial charge in [0.15, 0.2) is 11.5 Å². The highest BCUT2D eigenvalue weighted by atomic mass is 127. The third kappa shape index (κ3) is 6.94. The minimum Gasteiger partial charge on any atom is -0.490 e. The lowest BCUT2D eigenvalue weighted by molar-refractivity contribution is -0.384. The van der Waals surface area contributed by atoms with E-state index in [1.165, 1.54) is 18.2 Å². The molecule has 4 amide bonds. The number of nitrogens with zero attached hydrogens (tertiary/aromatic N) is 2. The third-order valence-electron chi connectivity index (χ3n) is 5.75. The predicted octanol–water partition coefficient (Wildman–Crippen LogP) is 5.02. The van der Waals surface area contributed by atoms with Crippen LogP contribution in [0.2, 0.25) is 0 Å². The number of benzene rings is 3. The first-order valence-corrected chi connectivity index (χ1v) is 13.3. The Morgan fingerprint density at radius 1 is 1.12 bits per heavy atom. The number of anilines is 1. The van der Waals surface area contributed by atoms with Gasteiger partial charge in [-0.05, 0) is 77.9 Å². The van der Waals surface area contributed by atoms with Gasteiger partial charge in [-0.25, -0.2) is 9.69 Å². The number of non-ortho nitro benzene ring substituents is 1. The van der Waals surface area contributed by atoms with Crippen molar-refractivity contribution in [2.45, 2.75) is 20.5 Å². The smallest absolute Gasteiger partial charge is 0.329 e. The maximum absolute atomic E-state index is 12.9. The summed E-state index contributed by atoms with van der Waals surface area (Å²) in [5.41, 5.74) is 2.74. The molecule has 11 nitrogen and oxygen atoms in total. The molecule has 1 heterocycles. The van der Waals surface area contributed by atoms with E-state index < -0.39 is 29.3 Å². The molecular weight excluding hydrogens is 631 g/mol. The number of carbonyl (C=O) groups is 3. The zero-order valence-corrected chi connectivity index (χ0v) is 23.8. The van der Waals surface area contributed by atoms with Crippen molar-refractivity contribution in [3.8, 4) is 11.5 Å².